The summed E-state index contributed by atoms with van der Waals surface area (Å²) >= 11 is 0. The Morgan fingerprint density at radius 2 is 2.06 bits per heavy atom. The average molecular weight is 248 g/mol. The average Bonchev–Trinajstić information content (AvgIpc) is 2.38. The number of rotatable bonds is 3. The number of nitrogen functional groups attached to an aromatic ring is 1. The molecule has 0 aliphatic carbocycles. The van der Waals surface area contributed by atoms with Crippen LogP contribution in [0.15, 0.2) is 18.2 Å². The normalized spacial score (nSPS) is 17.7. The first-order valence-corrected chi connectivity index (χ1v) is 6.28. The van der Waals surface area contributed by atoms with Crippen LogP contribution in [0, 0.1) is 5.92 Å². The predicted octanol–water partition coefficient (Wildman–Crippen LogP) is 1.80. The van der Waals surface area contributed by atoms with Gasteiger partial charge in [-0.2, -0.15) is 0 Å². The molecule has 1 heterocycles. The van der Waals surface area contributed by atoms with Crippen LogP contribution in [-0.4, -0.2) is 37.9 Å². The van der Waals surface area contributed by atoms with Gasteiger partial charge in [0.2, 0.25) is 0 Å². The Bertz CT molecular complexity index is 437. The van der Waals surface area contributed by atoms with Gasteiger partial charge in [-0.3, -0.25) is 4.79 Å². The molecule has 1 aromatic rings. The van der Waals surface area contributed by atoms with E-state index in [1.54, 1.807) is 25.3 Å². The molecule has 4 heteroatoms. The fraction of sp³-hybridized carbons (Fsp3) is 0.500. The molecular formula is C14H20N2O2. The molecule has 2 N–H and O–H groups in total. The molecule has 0 bridgehead atoms. The SMILES string of the molecule is COc1ccc(C(=O)C2CCN(C)CC2)c(N)c1. The zero-order valence-electron chi connectivity index (χ0n) is 11.0. The maximum atomic E-state index is 12.4. The van der Waals surface area contributed by atoms with Gasteiger partial charge in [-0.25, -0.2) is 0 Å². The number of carbonyl (C=O) groups is 1. The van der Waals surface area contributed by atoms with Crippen molar-refractivity contribution >= 4 is 11.5 Å². The van der Waals surface area contributed by atoms with Crippen molar-refractivity contribution in [3.8, 4) is 5.75 Å². The second-order valence-electron chi connectivity index (χ2n) is 4.89. The van der Waals surface area contributed by atoms with E-state index in [-0.39, 0.29) is 11.7 Å². The van der Waals surface area contributed by atoms with Gasteiger partial charge in [-0.1, -0.05) is 0 Å². The van der Waals surface area contributed by atoms with Crippen molar-refractivity contribution < 1.29 is 9.53 Å². The maximum absolute atomic E-state index is 12.4. The van der Waals surface area contributed by atoms with Crippen LogP contribution < -0.4 is 10.5 Å². The maximum Gasteiger partial charge on any atom is 0.168 e. The molecule has 1 saturated heterocycles. The third kappa shape index (κ3) is 2.64. The molecule has 1 aromatic carbocycles. The van der Waals surface area contributed by atoms with Crippen molar-refractivity contribution in [2.75, 3.05) is 33.0 Å². The smallest absolute Gasteiger partial charge is 0.168 e. The highest BCUT2D eigenvalue weighted by atomic mass is 16.5. The Morgan fingerprint density at radius 3 is 2.61 bits per heavy atom. The first-order chi connectivity index (χ1) is 8.61. The van der Waals surface area contributed by atoms with Crippen LogP contribution in [0.4, 0.5) is 5.69 Å². The van der Waals surface area contributed by atoms with E-state index in [2.05, 4.69) is 11.9 Å². The number of Topliss-reactive ketones (excluding diaryl/α,β-unsaturated/α-hetero) is 1. The Labute approximate surface area is 108 Å². The van der Waals surface area contributed by atoms with Crippen molar-refractivity contribution in [3.05, 3.63) is 23.8 Å². The lowest BCUT2D eigenvalue weighted by Gasteiger charge is -2.28. The molecule has 4 nitrogen and oxygen atoms in total. The molecule has 2 rings (SSSR count). The number of likely N-dealkylation sites (tertiary alicyclic amines) is 1. The van der Waals surface area contributed by atoms with E-state index < -0.39 is 0 Å². The van der Waals surface area contributed by atoms with Gasteiger partial charge in [0.25, 0.3) is 0 Å². The molecule has 1 aliphatic rings. The first kappa shape index (κ1) is 12.9. The monoisotopic (exact) mass is 248 g/mol. The van der Waals surface area contributed by atoms with Crippen LogP contribution in [0.3, 0.4) is 0 Å². The van der Waals surface area contributed by atoms with Gasteiger partial charge >= 0.3 is 0 Å². The lowest BCUT2D eigenvalue weighted by Crippen LogP contribution is -2.33. The highest BCUT2D eigenvalue weighted by molar-refractivity contribution is 6.02. The van der Waals surface area contributed by atoms with Crippen molar-refractivity contribution in [2.45, 2.75) is 12.8 Å². The number of piperidine rings is 1. The Balaban J connectivity index is 2.13. The number of hydrogen-bond donors (Lipinski definition) is 1. The fourth-order valence-corrected chi connectivity index (χ4v) is 2.38. The van der Waals surface area contributed by atoms with Crippen molar-refractivity contribution in [2.24, 2.45) is 5.92 Å². The molecule has 98 valence electrons. The molecule has 0 aromatic heterocycles. The molecule has 0 spiro atoms. The number of carbonyl (C=O) groups excluding carboxylic acids is 1. The van der Waals surface area contributed by atoms with Crippen LogP contribution in [0.1, 0.15) is 23.2 Å². The Hall–Kier alpha value is -1.55. The molecular weight excluding hydrogens is 228 g/mol. The topological polar surface area (TPSA) is 55.6 Å². The lowest BCUT2D eigenvalue weighted by atomic mass is 9.88. The zero-order valence-corrected chi connectivity index (χ0v) is 11.0. The number of benzene rings is 1. The standard InChI is InChI=1S/C14H20N2O2/c1-16-7-5-10(6-8-16)14(17)12-4-3-11(18-2)9-13(12)15/h3-4,9-10H,5-8,15H2,1-2H3. The minimum Gasteiger partial charge on any atom is -0.497 e. The summed E-state index contributed by atoms with van der Waals surface area (Å²) < 4.78 is 5.09. The number of ketones is 1. The van der Waals surface area contributed by atoms with E-state index in [0.717, 1.165) is 25.9 Å². The van der Waals surface area contributed by atoms with Crippen LogP contribution in [-0.2, 0) is 0 Å². The summed E-state index contributed by atoms with van der Waals surface area (Å²) in [6.45, 7) is 1.96. The van der Waals surface area contributed by atoms with Crippen LogP contribution in [0.25, 0.3) is 0 Å². The summed E-state index contributed by atoms with van der Waals surface area (Å²) in [5, 5.41) is 0. The fourth-order valence-electron chi connectivity index (χ4n) is 2.38. The summed E-state index contributed by atoms with van der Waals surface area (Å²) in [5.41, 5.74) is 7.06. The summed E-state index contributed by atoms with van der Waals surface area (Å²) in [6.07, 6.45) is 1.83. The molecule has 1 fully saturated rings. The van der Waals surface area contributed by atoms with Gasteiger partial charge in [0.1, 0.15) is 5.75 Å². The van der Waals surface area contributed by atoms with E-state index >= 15 is 0 Å². The van der Waals surface area contributed by atoms with E-state index in [1.807, 2.05) is 0 Å². The van der Waals surface area contributed by atoms with Gasteiger partial charge < -0.3 is 15.4 Å². The van der Waals surface area contributed by atoms with E-state index in [0.29, 0.717) is 17.0 Å². The third-order valence-electron chi connectivity index (χ3n) is 3.61. The van der Waals surface area contributed by atoms with E-state index in [4.69, 9.17) is 10.5 Å². The number of ether oxygens (including phenoxy) is 1. The van der Waals surface area contributed by atoms with Gasteiger partial charge in [0.15, 0.2) is 5.78 Å². The second-order valence-corrected chi connectivity index (χ2v) is 4.89. The molecule has 18 heavy (non-hydrogen) atoms. The van der Waals surface area contributed by atoms with Gasteiger partial charge in [-0.15, -0.1) is 0 Å². The number of hydrogen-bond acceptors (Lipinski definition) is 4. The number of nitrogens with zero attached hydrogens (tertiary/aromatic N) is 1. The van der Waals surface area contributed by atoms with Crippen LogP contribution in [0.5, 0.6) is 5.75 Å². The van der Waals surface area contributed by atoms with Crippen LogP contribution >= 0.6 is 0 Å². The van der Waals surface area contributed by atoms with Crippen molar-refractivity contribution in [3.63, 3.8) is 0 Å². The Kier molecular flexibility index (Phi) is 3.87. The highest BCUT2D eigenvalue weighted by Gasteiger charge is 2.25. The van der Waals surface area contributed by atoms with Crippen molar-refractivity contribution in [1.82, 2.24) is 4.90 Å². The summed E-state index contributed by atoms with van der Waals surface area (Å²) in [6, 6.07) is 5.27. The van der Waals surface area contributed by atoms with E-state index in [9.17, 15) is 4.79 Å². The third-order valence-corrected chi connectivity index (χ3v) is 3.61. The molecule has 0 unspecified atom stereocenters. The molecule has 1 aliphatic heterocycles. The minimum absolute atomic E-state index is 0.108. The minimum atomic E-state index is 0.108. The summed E-state index contributed by atoms with van der Waals surface area (Å²) in [4.78, 5) is 14.6. The Morgan fingerprint density at radius 1 is 1.39 bits per heavy atom. The number of anilines is 1. The number of methoxy groups -OCH3 is 1. The van der Waals surface area contributed by atoms with Gasteiger partial charge in [0, 0.05) is 23.2 Å². The lowest BCUT2D eigenvalue weighted by molar-refractivity contribution is 0.0857. The summed E-state index contributed by atoms with van der Waals surface area (Å²) in [5.74, 6) is 0.965. The molecule has 0 atom stereocenters. The largest absolute Gasteiger partial charge is 0.497 e. The highest BCUT2D eigenvalue weighted by Crippen LogP contribution is 2.26. The van der Waals surface area contributed by atoms with Crippen LogP contribution in [0.2, 0.25) is 0 Å². The molecule has 0 amide bonds. The van der Waals surface area contributed by atoms with E-state index in [1.165, 1.54) is 0 Å². The van der Waals surface area contributed by atoms with Gasteiger partial charge in [0.05, 0.1) is 7.11 Å². The van der Waals surface area contributed by atoms with Crippen molar-refractivity contribution in [1.29, 1.82) is 0 Å². The number of nitrogens with two attached hydrogens (primary N) is 1. The predicted molar refractivity (Wildman–Crippen MR) is 72.0 cm³/mol. The second kappa shape index (κ2) is 5.40. The summed E-state index contributed by atoms with van der Waals surface area (Å²) in [7, 11) is 3.68. The quantitative estimate of drug-likeness (QED) is 0.654. The first-order valence-electron chi connectivity index (χ1n) is 6.28. The van der Waals surface area contributed by atoms with Gasteiger partial charge in [-0.05, 0) is 45.1 Å². The molecule has 0 saturated carbocycles. The molecule has 0 radical (unpaired) electrons. The zero-order chi connectivity index (χ0) is 13.1.